The van der Waals surface area contributed by atoms with Crippen LogP contribution in [-0.4, -0.2) is 29.7 Å². The number of aliphatic hydroxyl groups is 1. The van der Waals surface area contributed by atoms with Gasteiger partial charge in [-0.15, -0.1) is 0 Å². The van der Waals surface area contributed by atoms with E-state index in [1.807, 2.05) is 0 Å². The summed E-state index contributed by atoms with van der Waals surface area (Å²) in [6.45, 7) is 2.08. The fourth-order valence-electron chi connectivity index (χ4n) is 2.00. The molecule has 1 saturated carbocycles. The summed E-state index contributed by atoms with van der Waals surface area (Å²) >= 11 is 0. The molecule has 1 saturated heterocycles. The van der Waals surface area contributed by atoms with E-state index < -0.39 is 0 Å². The van der Waals surface area contributed by atoms with Crippen LogP contribution in [0.25, 0.3) is 0 Å². The third-order valence-electron chi connectivity index (χ3n) is 2.72. The van der Waals surface area contributed by atoms with Gasteiger partial charge in [0.05, 0.1) is 0 Å². The van der Waals surface area contributed by atoms with Gasteiger partial charge < -0.3 is 10.0 Å². The molecule has 2 aliphatic rings. The molecule has 1 aliphatic heterocycles. The molecule has 2 unspecified atom stereocenters. The molecule has 3 nitrogen and oxygen atoms in total. The zero-order chi connectivity index (χ0) is 7.14. The van der Waals surface area contributed by atoms with Crippen LogP contribution in [0.4, 0.5) is 0 Å². The standard InChI is InChI=1S/C7H10N2O/c8-4-9-1-5-6(2-9)7(5)3-10/h5-7,10H,1-3H2. The second-order valence-electron chi connectivity index (χ2n) is 3.18. The molecule has 0 aromatic heterocycles. The highest BCUT2D eigenvalue weighted by Gasteiger charge is 2.55. The minimum absolute atomic E-state index is 0.314. The maximum atomic E-state index is 8.77. The number of aliphatic hydroxyl groups excluding tert-OH is 1. The average molecular weight is 138 g/mol. The summed E-state index contributed by atoms with van der Waals surface area (Å²) in [5, 5.41) is 17.2. The van der Waals surface area contributed by atoms with E-state index in [-0.39, 0.29) is 0 Å². The molecule has 0 aromatic carbocycles. The van der Waals surface area contributed by atoms with Crippen molar-refractivity contribution < 1.29 is 5.11 Å². The van der Waals surface area contributed by atoms with Gasteiger partial charge in [-0.05, 0) is 17.8 Å². The highest BCUT2D eigenvalue weighted by atomic mass is 16.3. The fourth-order valence-corrected chi connectivity index (χ4v) is 2.00. The molecular formula is C7H10N2O. The quantitative estimate of drug-likeness (QED) is 0.503. The first-order valence-corrected chi connectivity index (χ1v) is 3.62. The molecule has 0 spiro atoms. The largest absolute Gasteiger partial charge is 0.396 e. The highest BCUT2D eigenvalue weighted by Crippen LogP contribution is 2.50. The predicted molar refractivity (Wildman–Crippen MR) is 34.7 cm³/mol. The summed E-state index contributed by atoms with van der Waals surface area (Å²) < 4.78 is 0. The summed E-state index contributed by atoms with van der Waals surface area (Å²) in [7, 11) is 0. The molecular weight excluding hydrogens is 128 g/mol. The lowest BCUT2D eigenvalue weighted by molar-refractivity contribution is 0.243. The van der Waals surface area contributed by atoms with Crippen molar-refractivity contribution in [1.82, 2.24) is 4.90 Å². The number of fused-ring (bicyclic) bond motifs is 1. The number of rotatable bonds is 1. The minimum atomic E-state index is 0.314. The van der Waals surface area contributed by atoms with Crippen LogP contribution in [0.2, 0.25) is 0 Å². The van der Waals surface area contributed by atoms with E-state index in [4.69, 9.17) is 10.4 Å². The fraction of sp³-hybridized carbons (Fsp3) is 0.857. The Morgan fingerprint density at radius 2 is 2.10 bits per heavy atom. The number of hydrogen-bond donors (Lipinski definition) is 1. The summed E-state index contributed by atoms with van der Waals surface area (Å²) in [4.78, 5) is 1.78. The van der Waals surface area contributed by atoms with Gasteiger partial charge in [-0.2, -0.15) is 5.26 Å². The number of nitrogens with zero attached hydrogens (tertiary/aromatic N) is 2. The number of piperidine rings is 1. The van der Waals surface area contributed by atoms with Crippen molar-refractivity contribution in [2.75, 3.05) is 19.7 Å². The molecule has 1 N–H and O–H groups in total. The van der Waals surface area contributed by atoms with Gasteiger partial charge in [0.15, 0.2) is 6.19 Å². The van der Waals surface area contributed by atoms with Crippen LogP contribution in [0.5, 0.6) is 0 Å². The number of nitriles is 1. The normalized spacial score (nSPS) is 42.8. The third-order valence-corrected chi connectivity index (χ3v) is 2.72. The lowest BCUT2D eigenvalue weighted by Gasteiger charge is -2.09. The molecule has 0 bridgehead atoms. The van der Waals surface area contributed by atoms with Gasteiger partial charge in [-0.1, -0.05) is 0 Å². The molecule has 2 rings (SSSR count). The van der Waals surface area contributed by atoms with Crippen molar-refractivity contribution in [1.29, 1.82) is 5.26 Å². The second kappa shape index (κ2) is 1.86. The smallest absolute Gasteiger partial charge is 0.179 e. The monoisotopic (exact) mass is 138 g/mol. The van der Waals surface area contributed by atoms with E-state index in [0.29, 0.717) is 24.4 Å². The van der Waals surface area contributed by atoms with Crippen LogP contribution in [0.3, 0.4) is 0 Å². The van der Waals surface area contributed by atoms with Crippen LogP contribution in [-0.2, 0) is 0 Å². The van der Waals surface area contributed by atoms with Crippen molar-refractivity contribution >= 4 is 0 Å². The number of hydrogen-bond acceptors (Lipinski definition) is 3. The van der Waals surface area contributed by atoms with Gasteiger partial charge in [0, 0.05) is 19.7 Å². The predicted octanol–water partition coefficient (Wildman–Crippen LogP) is -0.362. The van der Waals surface area contributed by atoms with E-state index >= 15 is 0 Å². The molecule has 10 heavy (non-hydrogen) atoms. The first-order valence-electron chi connectivity index (χ1n) is 3.62. The van der Waals surface area contributed by atoms with Crippen LogP contribution >= 0.6 is 0 Å². The Bertz CT molecular complexity index is 175. The summed E-state index contributed by atoms with van der Waals surface area (Å²) in [5.41, 5.74) is 0. The molecule has 3 heteroatoms. The van der Waals surface area contributed by atoms with Gasteiger partial charge in [0.25, 0.3) is 0 Å². The Labute approximate surface area is 59.9 Å². The van der Waals surface area contributed by atoms with Crippen molar-refractivity contribution in [3.63, 3.8) is 0 Å². The van der Waals surface area contributed by atoms with Crippen LogP contribution in [0, 0.1) is 29.2 Å². The minimum Gasteiger partial charge on any atom is -0.396 e. The molecule has 0 radical (unpaired) electrons. The Morgan fingerprint density at radius 3 is 2.50 bits per heavy atom. The van der Waals surface area contributed by atoms with Gasteiger partial charge in [0.1, 0.15) is 0 Å². The summed E-state index contributed by atoms with van der Waals surface area (Å²) in [5.74, 6) is 1.78. The van der Waals surface area contributed by atoms with E-state index in [2.05, 4.69) is 6.19 Å². The van der Waals surface area contributed by atoms with Gasteiger partial charge in [-0.3, -0.25) is 0 Å². The Hall–Kier alpha value is -0.750. The Morgan fingerprint density at radius 1 is 1.50 bits per heavy atom. The van der Waals surface area contributed by atoms with Crippen molar-refractivity contribution in [2.24, 2.45) is 17.8 Å². The molecule has 0 aromatic rings. The molecule has 2 atom stereocenters. The molecule has 1 aliphatic carbocycles. The second-order valence-corrected chi connectivity index (χ2v) is 3.18. The highest BCUT2D eigenvalue weighted by molar-refractivity contribution is 5.07. The number of likely N-dealkylation sites (tertiary alicyclic amines) is 1. The molecule has 1 heterocycles. The SMILES string of the molecule is N#CN1CC2C(CO)C2C1. The summed E-state index contributed by atoms with van der Waals surface area (Å²) in [6, 6.07) is 0. The van der Waals surface area contributed by atoms with Crippen LogP contribution < -0.4 is 0 Å². The topological polar surface area (TPSA) is 47.3 Å². The maximum Gasteiger partial charge on any atom is 0.179 e. The zero-order valence-electron chi connectivity index (χ0n) is 5.70. The maximum absolute atomic E-state index is 8.77. The van der Waals surface area contributed by atoms with Gasteiger partial charge in [0.2, 0.25) is 0 Å². The zero-order valence-corrected chi connectivity index (χ0v) is 5.70. The van der Waals surface area contributed by atoms with Crippen molar-refractivity contribution in [3.8, 4) is 6.19 Å². The van der Waals surface area contributed by atoms with Crippen LogP contribution in [0.1, 0.15) is 0 Å². The Kier molecular flexibility index (Phi) is 1.12. The third kappa shape index (κ3) is 0.627. The van der Waals surface area contributed by atoms with Gasteiger partial charge >= 0.3 is 0 Å². The van der Waals surface area contributed by atoms with E-state index in [9.17, 15) is 0 Å². The van der Waals surface area contributed by atoms with E-state index in [1.165, 1.54) is 0 Å². The molecule has 54 valence electrons. The Balaban J connectivity index is 1.91. The van der Waals surface area contributed by atoms with Gasteiger partial charge in [-0.25, -0.2) is 0 Å². The average Bonchev–Trinajstić information content (AvgIpc) is 2.43. The molecule has 2 fully saturated rings. The molecule has 0 amide bonds. The first kappa shape index (κ1) is 5.99. The lowest BCUT2D eigenvalue weighted by atomic mass is 10.3. The lowest BCUT2D eigenvalue weighted by Crippen LogP contribution is -2.19. The van der Waals surface area contributed by atoms with Crippen LogP contribution in [0.15, 0.2) is 0 Å². The first-order chi connectivity index (χ1) is 4.86. The van der Waals surface area contributed by atoms with E-state index in [0.717, 1.165) is 13.1 Å². The van der Waals surface area contributed by atoms with Crippen molar-refractivity contribution in [2.45, 2.75) is 0 Å². The van der Waals surface area contributed by atoms with E-state index in [1.54, 1.807) is 4.90 Å². The van der Waals surface area contributed by atoms with Crippen molar-refractivity contribution in [3.05, 3.63) is 0 Å². The summed E-state index contributed by atoms with van der Waals surface area (Å²) in [6.07, 6.45) is 2.12.